The molecule has 2 aromatic carbocycles. The van der Waals surface area contributed by atoms with Crippen molar-refractivity contribution in [2.45, 2.75) is 13.2 Å². The largest absolute Gasteiger partial charge is 0.497 e. The highest BCUT2D eigenvalue weighted by Gasteiger charge is 2.31. The zero-order chi connectivity index (χ0) is 18.7. The highest BCUT2D eigenvalue weighted by atomic mass is 35.5. The molecule has 9 heteroatoms. The molecule has 1 aliphatic rings. The molecule has 0 unspecified atom stereocenters. The Morgan fingerprint density at radius 1 is 1.27 bits per heavy atom. The lowest BCUT2D eigenvalue weighted by Gasteiger charge is -2.14. The third-order valence-electron chi connectivity index (χ3n) is 3.93. The normalized spacial score (nSPS) is 12.5. The van der Waals surface area contributed by atoms with Gasteiger partial charge in [0, 0.05) is 11.5 Å². The molecule has 0 radical (unpaired) electrons. The lowest BCUT2D eigenvalue weighted by molar-refractivity contribution is 0.275. The van der Waals surface area contributed by atoms with Gasteiger partial charge in [0.2, 0.25) is 0 Å². The second kappa shape index (κ2) is 8.13. The summed E-state index contributed by atoms with van der Waals surface area (Å²) in [5.41, 5.74) is 2.79. The molecule has 0 spiro atoms. The molecule has 2 aromatic rings. The molecule has 1 aliphatic heterocycles. The van der Waals surface area contributed by atoms with E-state index in [9.17, 15) is 5.02 Å². The molecule has 0 bridgehead atoms. The van der Waals surface area contributed by atoms with Gasteiger partial charge in [-0.05, 0) is 41.5 Å². The Bertz CT molecular complexity index is 813. The summed E-state index contributed by atoms with van der Waals surface area (Å²) in [5.74, 6) is 1.33. The molecule has 26 heavy (non-hydrogen) atoms. The lowest BCUT2D eigenvalue weighted by atomic mass is 9.79. The number of nitrogens with one attached hydrogen (secondary N) is 1. The van der Waals surface area contributed by atoms with Gasteiger partial charge in [0.05, 0.1) is 31.5 Å². The highest BCUT2D eigenvalue weighted by molar-refractivity contribution is 7.80. The van der Waals surface area contributed by atoms with Gasteiger partial charge < -0.3 is 29.2 Å². The summed E-state index contributed by atoms with van der Waals surface area (Å²) in [6.07, 6.45) is 0. The predicted octanol–water partition coefficient (Wildman–Crippen LogP) is 2.49. The highest BCUT2D eigenvalue weighted by Crippen LogP contribution is 2.26. The molecule has 136 valence electrons. The zero-order valence-electron chi connectivity index (χ0n) is 14.2. The van der Waals surface area contributed by atoms with Crippen LogP contribution in [0.1, 0.15) is 11.1 Å². The predicted molar refractivity (Wildman–Crippen MR) is 104 cm³/mol. The lowest BCUT2D eigenvalue weighted by Crippen LogP contribution is -2.30. The van der Waals surface area contributed by atoms with Gasteiger partial charge in [-0.3, -0.25) is 0 Å². The topological polar surface area (TPSA) is 69.2 Å². The van der Waals surface area contributed by atoms with Gasteiger partial charge in [0.25, 0.3) is 5.17 Å². The minimum absolute atomic E-state index is 0.155. The number of anilines is 1. The summed E-state index contributed by atoms with van der Waals surface area (Å²) in [5, 5.41) is 13.3. The van der Waals surface area contributed by atoms with Crippen LogP contribution in [-0.4, -0.2) is 31.5 Å². The first-order chi connectivity index (χ1) is 12.5. The minimum Gasteiger partial charge on any atom is -0.497 e. The van der Waals surface area contributed by atoms with Crippen molar-refractivity contribution in [3.05, 3.63) is 46.5 Å². The van der Waals surface area contributed by atoms with E-state index in [4.69, 9.17) is 42.7 Å². The fraction of sp³-hybridized carbons (Fsp3) is 0.235. The van der Waals surface area contributed by atoms with Crippen LogP contribution in [0.4, 0.5) is 5.69 Å². The van der Waals surface area contributed by atoms with Crippen molar-refractivity contribution in [3.63, 3.8) is 0 Å². The summed E-state index contributed by atoms with van der Waals surface area (Å²) in [7, 11) is 2.14. The fourth-order valence-electron chi connectivity index (χ4n) is 2.62. The molecular weight excluding hydrogens is 377 g/mol. The summed E-state index contributed by atoms with van der Waals surface area (Å²) < 4.78 is 21.2. The quantitative estimate of drug-likeness (QED) is 0.597. The van der Waals surface area contributed by atoms with Gasteiger partial charge in [-0.1, -0.05) is 17.7 Å². The SMILES string of the molecule is COc1cc(COC(=S)Nc2ccc3c(c2Cl)B(O)OC3)cc(OC)c1. The molecule has 1 heterocycles. The van der Waals surface area contributed by atoms with E-state index >= 15 is 0 Å². The number of rotatable bonds is 5. The number of fused-ring (bicyclic) bond motifs is 1. The van der Waals surface area contributed by atoms with Crippen LogP contribution in [0.15, 0.2) is 30.3 Å². The smallest absolute Gasteiger partial charge is 0.493 e. The van der Waals surface area contributed by atoms with E-state index in [0.29, 0.717) is 34.3 Å². The van der Waals surface area contributed by atoms with Crippen LogP contribution in [0.2, 0.25) is 5.02 Å². The molecule has 0 amide bonds. The molecule has 0 atom stereocenters. The molecule has 3 rings (SSSR count). The number of methoxy groups -OCH3 is 2. The third kappa shape index (κ3) is 4.04. The standard InChI is InChI=1S/C17H17BClNO5S/c1-22-12-5-10(6-13(7-12)23-2)8-24-17(26)20-14-4-3-11-9-25-18(21)15(11)16(14)19/h3-7,21H,8-9H2,1-2H3,(H,20,26). The van der Waals surface area contributed by atoms with Crippen LogP contribution in [0, 0.1) is 0 Å². The average Bonchev–Trinajstić information content (AvgIpc) is 3.03. The van der Waals surface area contributed by atoms with E-state index in [0.717, 1.165) is 11.1 Å². The van der Waals surface area contributed by atoms with Crippen LogP contribution < -0.4 is 20.3 Å². The van der Waals surface area contributed by atoms with Crippen molar-refractivity contribution < 1.29 is 23.9 Å². The Morgan fingerprint density at radius 3 is 2.62 bits per heavy atom. The maximum atomic E-state index is 9.85. The first-order valence-electron chi connectivity index (χ1n) is 7.78. The van der Waals surface area contributed by atoms with Crippen LogP contribution in [0.5, 0.6) is 11.5 Å². The van der Waals surface area contributed by atoms with E-state index in [1.807, 2.05) is 18.2 Å². The van der Waals surface area contributed by atoms with E-state index in [-0.39, 0.29) is 11.8 Å². The average molecular weight is 394 g/mol. The molecule has 6 nitrogen and oxygen atoms in total. The van der Waals surface area contributed by atoms with Crippen molar-refractivity contribution in [2.24, 2.45) is 0 Å². The molecule has 0 saturated carbocycles. The Morgan fingerprint density at radius 2 is 1.96 bits per heavy atom. The number of ether oxygens (including phenoxy) is 3. The summed E-state index contributed by atoms with van der Waals surface area (Å²) in [6, 6.07) is 9.04. The number of thiocarbonyl (C=S) groups is 1. The van der Waals surface area contributed by atoms with Crippen molar-refractivity contribution in [1.29, 1.82) is 0 Å². The Balaban J connectivity index is 1.66. The van der Waals surface area contributed by atoms with Crippen molar-refractivity contribution in [2.75, 3.05) is 19.5 Å². The van der Waals surface area contributed by atoms with E-state index in [2.05, 4.69) is 5.32 Å². The van der Waals surface area contributed by atoms with Crippen LogP contribution in [0.25, 0.3) is 0 Å². The van der Waals surface area contributed by atoms with Gasteiger partial charge in [-0.25, -0.2) is 0 Å². The maximum Gasteiger partial charge on any atom is 0.493 e. The monoisotopic (exact) mass is 393 g/mol. The summed E-state index contributed by atoms with van der Waals surface area (Å²) in [6.45, 7) is 0.558. The van der Waals surface area contributed by atoms with E-state index in [1.54, 1.807) is 26.4 Å². The Kier molecular flexibility index (Phi) is 5.88. The van der Waals surface area contributed by atoms with Crippen molar-refractivity contribution in [3.8, 4) is 11.5 Å². The van der Waals surface area contributed by atoms with Gasteiger partial charge in [-0.15, -0.1) is 0 Å². The first-order valence-corrected chi connectivity index (χ1v) is 8.57. The second-order valence-corrected chi connectivity index (χ2v) is 6.33. The zero-order valence-corrected chi connectivity index (χ0v) is 15.8. The van der Waals surface area contributed by atoms with Gasteiger partial charge in [-0.2, -0.15) is 0 Å². The molecule has 0 saturated heterocycles. The molecular formula is C17H17BClNO5S. The Hall–Kier alpha value is -2.00. The molecule has 0 fully saturated rings. The fourth-order valence-corrected chi connectivity index (χ4v) is 3.11. The van der Waals surface area contributed by atoms with Crippen molar-refractivity contribution in [1.82, 2.24) is 0 Å². The first kappa shape index (κ1) is 18.8. The summed E-state index contributed by atoms with van der Waals surface area (Å²) >= 11 is 11.6. The second-order valence-electron chi connectivity index (χ2n) is 5.59. The number of hydrogen-bond donors (Lipinski definition) is 2. The van der Waals surface area contributed by atoms with Crippen molar-refractivity contribution >= 4 is 47.3 Å². The number of benzene rings is 2. The third-order valence-corrected chi connectivity index (χ3v) is 4.56. The number of hydrogen-bond acceptors (Lipinski definition) is 6. The maximum absolute atomic E-state index is 9.85. The van der Waals surface area contributed by atoms with Gasteiger partial charge in [0.15, 0.2) is 0 Å². The number of halogens is 1. The minimum atomic E-state index is -1.03. The van der Waals surface area contributed by atoms with Gasteiger partial charge in [0.1, 0.15) is 18.1 Å². The summed E-state index contributed by atoms with van der Waals surface area (Å²) in [4.78, 5) is 0. The van der Waals surface area contributed by atoms with Crippen LogP contribution in [-0.2, 0) is 22.6 Å². The molecule has 0 aromatic heterocycles. The van der Waals surface area contributed by atoms with Crippen LogP contribution in [0.3, 0.4) is 0 Å². The molecule has 2 N–H and O–H groups in total. The van der Waals surface area contributed by atoms with Gasteiger partial charge >= 0.3 is 7.12 Å². The van der Waals surface area contributed by atoms with Crippen LogP contribution >= 0.6 is 23.8 Å². The Labute approximate surface area is 162 Å². The van der Waals surface area contributed by atoms with E-state index in [1.165, 1.54) is 0 Å². The molecule has 0 aliphatic carbocycles. The van der Waals surface area contributed by atoms with E-state index < -0.39 is 7.12 Å².